The van der Waals surface area contributed by atoms with E-state index in [1.54, 1.807) is 6.92 Å². The molecule has 0 fully saturated rings. The summed E-state index contributed by atoms with van der Waals surface area (Å²) in [6.07, 6.45) is 3.64. The molecule has 0 atom stereocenters. The maximum atomic E-state index is 11.3. The predicted octanol–water partition coefficient (Wildman–Crippen LogP) is 3.50. The highest BCUT2D eigenvalue weighted by Gasteiger charge is 2.05. The van der Waals surface area contributed by atoms with Crippen molar-refractivity contribution >= 4 is 5.78 Å². The van der Waals surface area contributed by atoms with Crippen LogP contribution >= 0.6 is 0 Å². The van der Waals surface area contributed by atoms with E-state index in [1.807, 2.05) is 6.92 Å². The van der Waals surface area contributed by atoms with Gasteiger partial charge in [-0.2, -0.15) is 0 Å². The summed E-state index contributed by atoms with van der Waals surface area (Å²) in [6.45, 7) is 7.79. The predicted molar refractivity (Wildman–Crippen MR) is 61.0 cm³/mol. The fourth-order valence-corrected chi connectivity index (χ4v) is 1.35. The first-order chi connectivity index (χ1) is 6.67. The lowest BCUT2D eigenvalue weighted by molar-refractivity contribution is -0.113. The number of allylic oxidation sites excluding steroid dienone is 2. The average Bonchev–Trinajstić information content (AvgIpc) is 2.16. The second kappa shape index (κ2) is 7.38. The number of rotatable bonds is 4. The van der Waals surface area contributed by atoms with Crippen LogP contribution in [0.25, 0.3) is 0 Å². The summed E-state index contributed by atoms with van der Waals surface area (Å²) < 4.78 is 0. The minimum absolute atomic E-state index is 0.162. The van der Waals surface area contributed by atoms with Crippen molar-refractivity contribution in [3.63, 3.8) is 0 Å². The summed E-state index contributed by atoms with van der Waals surface area (Å²) in [5.41, 5.74) is 1.92. The van der Waals surface area contributed by atoms with E-state index < -0.39 is 0 Å². The van der Waals surface area contributed by atoms with Crippen LogP contribution in [0, 0.1) is 11.8 Å². The zero-order chi connectivity index (χ0) is 11.0. The van der Waals surface area contributed by atoms with Crippen LogP contribution in [-0.4, -0.2) is 5.78 Å². The molecule has 0 aromatic heterocycles. The Hall–Kier alpha value is -1.03. The van der Waals surface area contributed by atoms with Gasteiger partial charge in [0.2, 0.25) is 0 Å². The zero-order valence-corrected chi connectivity index (χ0v) is 9.74. The Kier molecular flexibility index (Phi) is 6.84. The van der Waals surface area contributed by atoms with Crippen molar-refractivity contribution < 1.29 is 4.79 Å². The number of hydrogen-bond acceptors (Lipinski definition) is 1. The highest BCUT2D eigenvalue weighted by molar-refractivity contribution is 5.94. The number of hydrogen-bond donors (Lipinski definition) is 0. The second-order valence-electron chi connectivity index (χ2n) is 3.27. The molecular weight excluding hydrogens is 172 g/mol. The largest absolute Gasteiger partial charge is 0.295 e. The Balaban J connectivity index is 4.83. The molecular formula is C13H20O. The topological polar surface area (TPSA) is 17.1 Å². The van der Waals surface area contributed by atoms with E-state index in [1.165, 1.54) is 0 Å². The van der Waals surface area contributed by atoms with Gasteiger partial charge in [0.1, 0.15) is 0 Å². The van der Waals surface area contributed by atoms with Crippen LogP contribution < -0.4 is 0 Å². The molecule has 0 unspecified atom stereocenters. The lowest BCUT2D eigenvalue weighted by atomic mass is 10.0. The molecule has 0 aliphatic heterocycles. The van der Waals surface area contributed by atoms with Crippen LogP contribution in [0.5, 0.6) is 0 Å². The zero-order valence-electron chi connectivity index (χ0n) is 9.74. The number of carbonyl (C=O) groups excluding carboxylic acids is 1. The molecule has 0 rings (SSSR count). The fourth-order valence-electron chi connectivity index (χ4n) is 1.35. The standard InChI is InChI=1S/C13H20O/c1-5-8-9-10-12(6-2)13(7-3)11(4)14/h5-8H2,1-4H3/b13-12-. The van der Waals surface area contributed by atoms with Gasteiger partial charge in [0.25, 0.3) is 0 Å². The highest BCUT2D eigenvalue weighted by atomic mass is 16.1. The first-order valence-electron chi connectivity index (χ1n) is 5.39. The number of Topliss-reactive ketones (excluding diaryl/α,β-unsaturated/α-hetero) is 1. The quantitative estimate of drug-likeness (QED) is 0.492. The second-order valence-corrected chi connectivity index (χ2v) is 3.27. The van der Waals surface area contributed by atoms with E-state index in [9.17, 15) is 4.79 Å². The van der Waals surface area contributed by atoms with Crippen molar-refractivity contribution in [2.45, 2.75) is 53.4 Å². The van der Waals surface area contributed by atoms with E-state index >= 15 is 0 Å². The summed E-state index contributed by atoms with van der Waals surface area (Å²) >= 11 is 0. The van der Waals surface area contributed by atoms with Gasteiger partial charge in [-0.25, -0.2) is 0 Å². The molecule has 0 amide bonds. The monoisotopic (exact) mass is 192 g/mol. The number of unbranched alkanes of at least 4 members (excludes halogenated alkanes) is 1. The first kappa shape index (κ1) is 13.0. The molecule has 0 aliphatic rings. The molecule has 0 N–H and O–H groups in total. The first-order valence-corrected chi connectivity index (χ1v) is 5.39. The summed E-state index contributed by atoms with van der Waals surface area (Å²) in [5.74, 6) is 6.37. The molecule has 78 valence electrons. The van der Waals surface area contributed by atoms with Gasteiger partial charge in [0.15, 0.2) is 5.78 Å². The number of carbonyl (C=O) groups is 1. The van der Waals surface area contributed by atoms with Crippen LogP contribution in [0.3, 0.4) is 0 Å². The Bertz CT molecular complexity index is 273. The van der Waals surface area contributed by atoms with Gasteiger partial charge in [-0.3, -0.25) is 4.79 Å². The molecule has 0 heterocycles. The van der Waals surface area contributed by atoms with Crippen molar-refractivity contribution in [1.29, 1.82) is 0 Å². The van der Waals surface area contributed by atoms with Gasteiger partial charge in [-0.05, 0) is 26.2 Å². The van der Waals surface area contributed by atoms with Crippen LogP contribution in [-0.2, 0) is 4.79 Å². The molecule has 0 radical (unpaired) electrons. The smallest absolute Gasteiger partial charge is 0.156 e. The normalized spacial score (nSPS) is 11.4. The van der Waals surface area contributed by atoms with E-state index in [-0.39, 0.29) is 5.78 Å². The third kappa shape index (κ3) is 4.28. The Labute approximate surface area is 87.6 Å². The van der Waals surface area contributed by atoms with Gasteiger partial charge < -0.3 is 0 Å². The van der Waals surface area contributed by atoms with Crippen LogP contribution in [0.2, 0.25) is 0 Å². The van der Waals surface area contributed by atoms with Crippen molar-refractivity contribution in [2.24, 2.45) is 0 Å². The van der Waals surface area contributed by atoms with Crippen molar-refractivity contribution in [1.82, 2.24) is 0 Å². The number of ketones is 1. The lowest BCUT2D eigenvalue weighted by Gasteiger charge is -2.03. The third-order valence-corrected chi connectivity index (χ3v) is 2.11. The maximum absolute atomic E-state index is 11.3. The Morgan fingerprint density at radius 2 is 1.79 bits per heavy atom. The summed E-state index contributed by atoms with van der Waals surface area (Å²) in [6, 6.07) is 0. The van der Waals surface area contributed by atoms with Crippen LogP contribution in [0.4, 0.5) is 0 Å². The minimum Gasteiger partial charge on any atom is -0.295 e. The summed E-state index contributed by atoms with van der Waals surface area (Å²) in [5, 5.41) is 0. The van der Waals surface area contributed by atoms with Crippen molar-refractivity contribution in [3.05, 3.63) is 11.1 Å². The van der Waals surface area contributed by atoms with Crippen LogP contribution in [0.15, 0.2) is 11.1 Å². The SMILES string of the molecule is CCCC#C/C(CC)=C(/CC)C(C)=O. The molecule has 0 saturated carbocycles. The Morgan fingerprint density at radius 3 is 2.14 bits per heavy atom. The molecule has 1 heteroatoms. The van der Waals surface area contributed by atoms with E-state index in [0.29, 0.717) is 0 Å². The molecule has 0 spiro atoms. The summed E-state index contributed by atoms with van der Waals surface area (Å²) in [4.78, 5) is 11.3. The van der Waals surface area contributed by atoms with E-state index in [4.69, 9.17) is 0 Å². The maximum Gasteiger partial charge on any atom is 0.156 e. The molecule has 14 heavy (non-hydrogen) atoms. The summed E-state index contributed by atoms with van der Waals surface area (Å²) in [7, 11) is 0. The molecule has 0 aliphatic carbocycles. The van der Waals surface area contributed by atoms with Gasteiger partial charge in [-0.1, -0.05) is 32.6 Å². The average molecular weight is 192 g/mol. The fraction of sp³-hybridized carbons (Fsp3) is 0.615. The van der Waals surface area contributed by atoms with E-state index in [0.717, 1.165) is 36.8 Å². The molecule has 0 saturated heterocycles. The van der Waals surface area contributed by atoms with Gasteiger partial charge in [0.05, 0.1) is 0 Å². The van der Waals surface area contributed by atoms with Gasteiger partial charge in [-0.15, -0.1) is 0 Å². The molecule has 0 bridgehead atoms. The van der Waals surface area contributed by atoms with Gasteiger partial charge >= 0.3 is 0 Å². The lowest BCUT2D eigenvalue weighted by Crippen LogP contribution is -1.99. The van der Waals surface area contributed by atoms with Crippen molar-refractivity contribution in [2.75, 3.05) is 0 Å². The third-order valence-electron chi connectivity index (χ3n) is 2.11. The van der Waals surface area contributed by atoms with Crippen molar-refractivity contribution in [3.8, 4) is 11.8 Å². The molecule has 1 nitrogen and oxygen atoms in total. The Morgan fingerprint density at radius 1 is 1.14 bits per heavy atom. The van der Waals surface area contributed by atoms with Gasteiger partial charge in [0, 0.05) is 17.6 Å². The van der Waals surface area contributed by atoms with Crippen LogP contribution in [0.1, 0.15) is 53.4 Å². The molecule has 0 aromatic rings. The van der Waals surface area contributed by atoms with E-state index in [2.05, 4.69) is 25.7 Å². The highest BCUT2D eigenvalue weighted by Crippen LogP contribution is 2.12. The minimum atomic E-state index is 0.162. The molecule has 0 aromatic carbocycles.